The van der Waals surface area contributed by atoms with E-state index in [0.29, 0.717) is 5.56 Å². The lowest BCUT2D eigenvalue weighted by Gasteiger charge is -2.31. The molecule has 32 heavy (non-hydrogen) atoms. The summed E-state index contributed by atoms with van der Waals surface area (Å²) in [5.74, 6) is -1.30. The summed E-state index contributed by atoms with van der Waals surface area (Å²) in [6.45, 7) is 3.94. The molecule has 5 nitrogen and oxygen atoms in total. The molecule has 0 spiro atoms. The molecule has 0 fully saturated rings. The first kappa shape index (κ1) is 21.9. The second kappa shape index (κ2) is 9.42. The number of nitrogens with zero attached hydrogens (tertiary/aromatic N) is 1. The first-order valence-corrected chi connectivity index (χ1v) is 10.9. The zero-order valence-electron chi connectivity index (χ0n) is 18.1. The molecule has 2 heterocycles. The predicted octanol–water partition coefficient (Wildman–Crippen LogP) is 5.01. The molecular weight excluding hydrogens is 412 g/mol. The van der Waals surface area contributed by atoms with Crippen LogP contribution >= 0.6 is 0 Å². The Bertz CT molecular complexity index is 1170. The SMILES string of the molecule is CCCCN(CCCc1c[nH]c2ccc(F)cc12)C1=Cc2c(C(N)=O)ccc(F)c2OC1. The van der Waals surface area contributed by atoms with E-state index in [1.807, 2.05) is 12.3 Å². The number of carbonyl (C=O) groups is 1. The molecule has 0 saturated carbocycles. The van der Waals surface area contributed by atoms with Crippen LogP contribution < -0.4 is 10.5 Å². The fourth-order valence-electron chi connectivity index (χ4n) is 4.18. The smallest absolute Gasteiger partial charge is 0.249 e. The molecule has 2 aromatic carbocycles. The highest BCUT2D eigenvalue weighted by atomic mass is 19.1. The molecule has 0 unspecified atom stereocenters. The third kappa shape index (κ3) is 4.47. The number of nitrogens with one attached hydrogen (secondary N) is 1. The predicted molar refractivity (Wildman–Crippen MR) is 121 cm³/mol. The molecule has 7 heteroatoms. The average molecular weight is 440 g/mol. The molecule has 1 aliphatic heterocycles. The van der Waals surface area contributed by atoms with Crippen LogP contribution in [0.5, 0.6) is 5.75 Å². The Kier molecular flexibility index (Phi) is 6.44. The lowest BCUT2D eigenvalue weighted by molar-refractivity contribution is 0.0999. The highest BCUT2D eigenvalue weighted by Gasteiger charge is 2.23. The van der Waals surface area contributed by atoms with Crippen molar-refractivity contribution in [1.29, 1.82) is 0 Å². The highest BCUT2D eigenvalue weighted by Crippen LogP contribution is 2.33. The number of fused-ring (bicyclic) bond motifs is 2. The third-order valence-electron chi connectivity index (χ3n) is 5.88. The molecule has 0 bridgehead atoms. The number of aromatic amines is 1. The Labute approximate surface area is 185 Å². The quantitative estimate of drug-likeness (QED) is 0.492. The fraction of sp³-hybridized carbons (Fsp3) is 0.320. The second-order valence-electron chi connectivity index (χ2n) is 8.07. The molecule has 4 rings (SSSR count). The van der Waals surface area contributed by atoms with Crippen LogP contribution in [0.25, 0.3) is 17.0 Å². The molecule has 1 amide bonds. The summed E-state index contributed by atoms with van der Waals surface area (Å²) in [7, 11) is 0. The lowest BCUT2D eigenvalue weighted by atomic mass is 10.0. The molecule has 3 aromatic rings. The highest BCUT2D eigenvalue weighted by molar-refractivity contribution is 5.98. The number of H-pyrrole nitrogens is 1. The Morgan fingerprint density at radius 2 is 2.00 bits per heavy atom. The Morgan fingerprint density at radius 1 is 1.19 bits per heavy atom. The second-order valence-corrected chi connectivity index (χ2v) is 8.07. The van der Waals surface area contributed by atoms with Crippen LogP contribution in [0.1, 0.15) is 47.7 Å². The van der Waals surface area contributed by atoms with Crippen LogP contribution in [0.4, 0.5) is 8.78 Å². The van der Waals surface area contributed by atoms with Gasteiger partial charge in [-0.25, -0.2) is 8.78 Å². The van der Waals surface area contributed by atoms with E-state index < -0.39 is 11.7 Å². The van der Waals surface area contributed by atoms with Gasteiger partial charge in [0.05, 0.1) is 11.3 Å². The van der Waals surface area contributed by atoms with Crippen LogP contribution in [-0.4, -0.2) is 35.5 Å². The van der Waals surface area contributed by atoms with Gasteiger partial charge in [0.25, 0.3) is 0 Å². The lowest BCUT2D eigenvalue weighted by Crippen LogP contribution is -2.31. The topological polar surface area (TPSA) is 71.3 Å². The fourth-order valence-corrected chi connectivity index (χ4v) is 4.18. The number of aromatic nitrogens is 1. The van der Waals surface area contributed by atoms with E-state index in [-0.39, 0.29) is 23.7 Å². The normalized spacial score (nSPS) is 12.9. The number of aryl methyl sites for hydroxylation is 1. The van der Waals surface area contributed by atoms with Crippen molar-refractivity contribution in [1.82, 2.24) is 9.88 Å². The number of amides is 1. The van der Waals surface area contributed by atoms with Gasteiger partial charge in [-0.1, -0.05) is 13.3 Å². The molecule has 0 aliphatic carbocycles. The van der Waals surface area contributed by atoms with Gasteiger partial charge in [-0.3, -0.25) is 4.79 Å². The van der Waals surface area contributed by atoms with Crippen LogP contribution in [0.2, 0.25) is 0 Å². The van der Waals surface area contributed by atoms with Crippen molar-refractivity contribution in [2.24, 2.45) is 5.73 Å². The Morgan fingerprint density at radius 3 is 2.78 bits per heavy atom. The van der Waals surface area contributed by atoms with Crippen LogP contribution in [0.3, 0.4) is 0 Å². The van der Waals surface area contributed by atoms with Crippen molar-refractivity contribution in [2.75, 3.05) is 19.7 Å². The zero-order valence-corrected chi connectivity index (χ0v) is 18.1. The number of primary amides is 1. The molecule has 3 N–H and O–H groups in total. The monoisotopic (exact) mass is 439 g/mol. The third-order valence-corrected chi connectivity index (χ3v) is 5.88. The first-order chi connectivity index (χ1) is 15.5. The zero-order chi connectivity index (χ0) is 22.7. The molecule has 0 saturated heterocycles. The molecule has 0 atom stereocenters. The molecular formula is C25H27F2N3O2. The first-order valence-electron chi connectivity index (χ1n) is 10.9. The maximum Gasteiger partial charge on any atom is 0.249 e. The summed E-state index contributed by atoms with van der Waals surface area (Å²) in [5, 5.41) is 0.904. The van der Waals surface area contributed by atoms with Crippen LogP contribution in [-0.2, 0) is 6.42 Å². The van der Waals surface area contributed by atoms with E-state index >= 15 is 0 Å². The average Bonchev–Trinajstić information content (AvgIpc) is 3.17. The number of carbonyl (C=O) groups excluding carboxylic acids is 1. The molecule has 0 radical (unpaired) electrons. The minimum Gasteiger partial charge on any atom is -0.484 e. The standard InChI is InChI=1S/C25H27F2N3O2/c1-2-3-10-30(11-4-5-16-14-29-23-9-6-17(26)12-20(16)23)18-13-21-19(25(28)31)7-8-22(27)24(21)32-15-18/h6-9,12-14,29H,2-5,10-11,15H2,1H3,(H2,28,31). The van der Waals surface area contributed by atoms with E-state index in [1.165, 1.54) is 18.2 Å². The van der Waals surface area contributed by atoms with Gasteiger partial charge in [-0.2, -0.15) is 0 Å². The number of nitrogens with two attached hydrogens (primary N) is 1. The van der Waals surface area contributed by atoms with Gasteiger partial charge in [0.2, 0.25) is 5.91 Å². The van der Waals surface area contributed by atoms with E-state index in [1.54, 1.807) is 12.1 Å². The summed E-state index contributed by atoms with van der Waals surface area (Å²) in [4.78, 5) is 17.3. The number of rotatable bonds is 9. The van der Waals surface area contributed by atoms with Gasteiger partial charge in [-0.05, 0) is 61.2 Å². The van der Waals surface area contributed by atoms with E-state index in [2.05, 4.69) is 16.8 Å². The summed E-state index contributed by atoms with van der Waals surface area (Å²) >= 11 is 0. The van der Waals surface area contributed by atoms with Gasteiger partial charge in [0, 0.05) is 35.8 Å². The van der Waals surface area contributed by atoms with Gasteiger partial charge in [-0.15, -0.1) is 0 Å². The molecule has 1 aromatic heterocycles. The van der Waals surface area contributed by atoms with Gasteiger partial charge in [0.1, 0.15) is 12.4 Å². The van der Waals surface area contributed by atoms with E-state index in [4.69, 9.17) is 10.5 Å². The Balaban J connectivity index is 1.54. The number of ether oxygens (including phenoxy) is 1. The minimum absolute atomic E-state index is 0.0707. The summed E-state index contributed by atoms with van der Waals surface area (Å²) in [6, 6.07) is 7.36. The largest absolute Gasteiger partial charge is 0.484 e. The summed E-state index contributed by atoms with van der Waals surface area (Å²) in [6.07, 6.45) is 7.42. The van der Waals surface area contributed by atoms with E-state index in [0.717, 1.165) is 60.9 Å². The maximum absolute atomic E-state index is 14.2. The van der Waals surface area contributed by atoms with Crippen molar-refractivity contribution in [3.63, 3.8) is 0 Å². The number of hydrogen-bond donors (Lipinski definition) is 2. The number of halogens is 2. The van der Waals surface area contributed by atoms with Gasteiger partial charge < -0.3 is 20.4 Å². The minimum atomic E-state index is -0.617. The van der Waals surface area contributed by atoms with Crippen LogP contribution in [0, 0.1) is 11.6 Å². The van der Waals surface area contributed by atoms with Crippen molar-refractivity contribution >= 4 is 22.9 Å². The summed E-state index contributed by atoms with van der Waals surface area (Å²) in [5.41, 5.74) is 9.02. The van der Waals surface area contributed by atoms with Crippen molar-refractivity contribution < 1.29 is 18.3 Å². The van der Waals surface area contributed by atoms with Crippen LogP contribution in [0.15, 0.2) is 42.2 Å². The van der Waals surface area contributed by atoms with Crippen molar-refractivity contribution in [2.45, 2.75) is 32.6 Å². The number of hydrogen-bond acceptors (Lipinski definition) is 3. The van der Waals surface area contributed by atoms with Crippen molar-refractivity contribution in [3.8, 4) is 5.75 Å². The molecule has 168 valence electrons. The number of unbranched alkanes of at least 4 members (excludes halogenated alkanes) is 1. The maximum atomic E-state index is 14.2. The Hall–Kier alpha value is -3.35. The van der Waals surface area contributed by atoms with E-state index in [9.17, 15) is 13.6 Å². The summed E-state index contributed by atoms with van der Waals surface area (Å²) < 4.78 is 33.6. The number of benzene rings is 2. The molecule has 1 aliphatic rings. The van der Waals surface area contributed by atoms with Crippen molar-refractivity contribution in [3.05, 3.63) is 70.6 Å². The van der Waals surface area contributed by atoms with Gasteiger partial charge >= 0.3 is 0 Å². The van der Waals surface area contributed by atoms with Gasteiger partial charge in [0.15, 0.2) is 11.6 Å².